The maximum Gasteiger partial charge on any atom is 0.240 e. The number of nitrogens with one attached hydrogen (secondary N) is 1. The summed E-state index contributed by atoms with van der Waals surface area (Å²) in [6.45, 7) is 0.334. The van der Waals surface area contributed by atoms with Gasteiger partial charge in [-0.15, -0.1) is 0 Å². The predicted molar refractivity (Wildman–Crippen MR) is 110 cm³/mol. The zero-order valence-electron chi connectivity index (χ0n) is 16.6. The highest BCUT2D eigenvalue weighted by Crippen LogP contribution is 2.28. The van der Waals surface area contributed by atoms with Crippen LogP contribution in [0, 0.1) is 5.82 Å². The van der Waals surface area contributed by atoms with Crippen LogP contribution in [-0.4, -0.2) is 48.1 Å². The third kappa shape index (κ3) is 4.51. The van der Waals surface area contributed by atoms with Crippen molar-refractivity contribution in [2.24, 2.45) is 5.73 Å². The summed E-state index contributed by atoms with van der Waals surface area (Å²) in [5.74, 6) is -1.87. The van der Waals surface area contributed by atoms with Crippen molar-refractivity contribution in [2.45, 2.75) is 43.4 Å². The van der Waals surface area contributed by atoms with Gasteiger partial charge in [0.25, 0.3) is 0 Å². The molecule has 1 saturated carbocycles. The highest BCUT2D eigenvalue weighted by atomic mass is 19.1. The topological polar surface area (TPSA) is 75.4 Å². The second kappa shape index (κ2) is 8.52. The molecular formula is C23H25F2N3O2. The van der Waals surface area contributed by atoms with Crippen molar-refractivity contribution in [2.75, 3.05) is 13.1 Å². The van der Waals surface area contributed by atoms with Crippen molar-refractivity contribution in [3.63, 3.8) is 0 Å². The molecule has 0 aromatic heterocycles. The Morgan fingerprint density at radius 3 is 2.13 bits per heavy atom. The number of alkyl halides is 1. The first-order valence-corrected chi connectivity index (χ1v) is 10.3. The second-order valence-electron chi connectivity index (χ2n) is 8.09. The number of hydrogen-bond donors (Lipinski definition) is 2. The Morgan fingerprint density at radius 2 is 1.60 bits per heavy atom. The van der Waals surface area contributed by atoms with Crippen LogP contribution in [0.1, 0.15) is 30.7 Å². The van der Waals surface area contributed by atoms with Crippen LogP contribution >= 0.6 is 0 Å². The van der Waals surface area contributed by atoms with E-state index in [1.54, 1.807) is 24.3 Å². The predicted octanol–water partition coefficient (Wildman–Crippen LogP) is 2.75. The minimum atomic E-state index is -1.09. The average Bonchev–Trinajstić information content (AvgIpc) is 3.45. The number of rotatable bonds is 6. The van der Waals surface area contributed by atoms with Crippen LogP contribution in [0.4, 0.5) is 8.78 Å². The molecule has 1 heterocycles. The Balaban J connectivity index is 1.57. The molecule has 5 nitrogen and oxygen atoms in total. The van der Waals surface area contributed by atoms with Gasteiger partial charge in [-0.1, -0.05) is 36.4 Å². The number of carbonyl (C=O) groups excluding carboxylic acids is 2. The van der Waals surface area contributed by atoms with E-state index in [-0.39, 0.29) is 24.3 Å². The Kier molecular flexibility index (Phi) is 5.81. The molecule has 0 unspecified atom stereocenters. The number of benzene rings is 2. The lowest BCUT2D eigenvalue weighted by Crippen LogP contribution is -2.50. The summed E-state index contributed by atoms with van der Waals surface area (Å²) in [4.78, 5) is 27.2. The fourth-order valence-corrected chi connectivity index (χ4v) is 3.84. The SMILES string of the molecule is N[C@H](C(=O)N1CC[C@H](F)C1)[C@@H](C(=O)NC1CC1)c1ccc(-c2ccc(F)cc2)cc1. The summed E-state index contributed by atoms with van der Waals surface area (Å²) in [6, 6.07) is 12.4. The third-order valence-electron chi connectivity index (χ3n) is 5.74. The lowest BCUT2D eigenvalue weighted by molar-refractivity contribution is -0.135. The lowest BCUT2D eigenvalue weighted by Gasteiger charge is -2.27. The van der Waals surface area contributed by atoms with Crippen LogP contribution in [0.25, 0.3) is 11.1 Å². The summed E-state index contributed by atoms with van der Waals surface area (Å²) in [5, 5.41) is 2.93. The molecule has 2 amide bonds. The van der Waals surface area contributed by atoms with Crippen molar-refractivity contribution < 1.29 is 18.4 Å². The van der Waals surface area contributed by atoms with E-state index in [9.17, 15) is 18.4 Å². The van der Waals surface area contributed by atoms with E-state index in [4.69, 9.17) is 5.73 Å². The highest BCUT2D eigenvalue weighted by molar-refractivity contribution is 5.94. The van der Waals surface area contributed by atoms with Crippen molar-refractivity contribution >= 4 is 11.8 Å². The number of hydrogen-bond acceptors (Lipinski definition) is 3. The monoisotopic (exact) mass is 413 g/mol. The minimum Gasteiger partial charge on any atom is -0.353 e. The van der Waals surface area contributed by atoms with E-state index < -0.39 is 24.0 Å². The minimum absolute atomic E-state index is 0.0208. The number of likely N-dealkylation sites (tertiary alicyclic amines) is 1. The molecule has 7 heteroatoms. The Bertz CT molecular complexity index is 913. The van der Waals surface area contributed by atoms with Crippen molar-refractivity contribution in [3.05, 3.63) is 59.9 Å². The number of carbonyl (C=O) groups is 2. The molecule has 4 rings (SSSR count). The van der Waals surface area contributed by atoms with Gasteiger partial charge in [0.1, 0.15) is 18.0 Å². The molecule has 0 bridgehead atoms. The normalized spacial score (nSPS) is 20.6. The van der Waals surface area contributed by atoms with Gasteiger partial charge in [-0.25, -0.2) is 8.78 Å². The molecule has 1 aliphatic heterocycles. The summed E-state index contributed by atoms with van der Waals surface area (Å²) in [6.07, 6.45) is 1.08. The first kappa shape index (κ1) is 20.5. The smallest absolute Gasteiger partial charge is 0.240 e. The summed E-state index contributed by atoms with van der Waals surface area (Å²) >= 11 is 0. The molecule has 2 fully saturated rings. The first-order valence-electron chi connectivity index (χ1n) is 10.3. The molecule has 0 radical (unpaired) electrons. The van der Waals surface area contributed by atoms with Gasteiger partial charge in [0, 0.05) is 12.6 Å². The molecule has 2 aliphatic rings. The van der Waals surface area contributed by atoms with Crippen LogP contribution in [0.2, 0.25) is 0 Å². The van der Waals surface area contributed by atoms with E-state index >= 15 is 0 Å². The Morgan fingerprint density at radius 1 is 1.00 bits per heavy atom. The molecule has 30 heavy (non-hydrogen) atoms. The fraction of sp³-hybridized carbons (Fsp3) is 0.391. The molecule has 3 atom stereocenters. The van der Waals surface area contributed by atoms with Crippen molar-refractivity contribution in [3.8, 4) is 11.1 Å². The van der Waals surface area contributed by atoms with E-state index in [1.807, 2.05) is 12.1 Å². The standard InChI is InChI=1S/C23H25F2N3O2/c24-17-7-5-15(6-8-17)14-1-3-16(4-2-14)20(22(29)27-19-9-10-19)21(26)23(30)28-12-11-18(25)13-28/h1-8,18-21H,9-13,26H2,(H,27,29)/t18-,20-,21-/m0/s1. The third-order valence-corrected chi connectivity index (χ3v) is 5.74. The number of halogens is 2. The van der Waals surface area contributed by atoms with Gasteiger partial charge in [-0.05, 0) is 48.1 Å². The zero-order valence-corrected chi connectivity index (χ0v) is 16.6. The van der Waals surface area contributed by atoms with E-state index in [0.717, 1.165) is 24.0 Å². The van der Waals surface area contributed by atoms with Crippen LogP contribution in [0.15, 0.2) is 48.5 Å². The van der Waals surface area contributed by atoms with Gasteiger partial charge in [0.05, 0.1) is 12.5 Å². The molecule has 3 N–H and O–H groups in total. The van der Waals surface area contributed by atoms with Gasteiger partial charge in [0.15, 0.2) is 0 Å². The largest absolute Gasteiger partial charge is 0.353 e. The lowest BCUT2D eigenvalue weighted by atomic mass is 9.89. The number of nitrogens with two attached hydrogens (primary N) is 1. The Labute approximate surface area is 174 Å². The number of amides is 2. The molecule has 2 aromatic rings. The fourth-order valence-electron chi connectivity index (χ4n) is 3.84. The van der Waals surface area contributed by atoms with Crippen LogP contribution in [0.3, 0.4) is 0 Å². The van der Waals surface area contributed by atoms with Crippen molar-refractivity contribution in [1.82, 2.24) is 10.2 Å². The average molecular weight is 413 g/mol. The quantitative estimate of drug-likeness (QED) is 0.765. The van der Waals surface area contributed by atoms with Gasteiger partial charge in [-0.3, -0.25) is 9.59 Å². The van der Waals surface area contributed by atoms with E-state index in [1.165, 1.54) is 17.0 Å². The second-order valence-corrected chi connectivity index (χ2v) is 8.09. The van der Waals surface area contributed by atoms with Crippen molar-refractivity contribution in [1.29, 1.82) is 0 Å². The number of nitrogens with zero attached hydrogens (tertiary/aromatic N) is 1. The zero-order chi connectivity index (χ0) is 21.3. The first-order chi connectivity index (χ1) is 14.4. The van der Waals surface area contributed by atoms with Gasteiger partial charge in [-0.2, -0.15) is 0 Å². The summed E-state index contributed by atoms with van der Waals surface area (Å²) in [5.41, 5.74) is 8.59. The molecule has 1 saturated heterocycles. The van der Waals surface area contributed by atoms with Gasteiger partial charge >= 0.3 is 0 Å². The molecule has 158 valence electrons. The Hall–Kier alpha value is -2.80. The maximum atomic E-state index is 13.6. The molecule has 2 aromatic carbocycles. The molecule has 0 spiro atoms. The van der Waals surface area contributed by atoms with Gasteiger partial charge in [0.2, 0.25) is 11.8 Å². The van der Waals surface area contributed by atoms with Crippen LogP contribution < -0.4 is 11.1 Å². The van der Waals surface area contributed by atoms with Crippen LogP contribution in [-0.2, 0) is 9.59 Å². The highest BCUT2D eigenvalue weighted by Gasteiger charge is 2.38. The summed E-state index contributed by atoms with van der Waals surface area (Å²) in [7, 11) is 0. The molecule has 1 aliphatic carbocycles. The van der Waals surface area contributed by atoms with E-state index in [0.29, 0.717) is 18.5 Å². The molecular weight excluding hydrogens is 388 g/mol. The van der Waals surface area contributed by atoms with E-state index in [2.05, 4.69) is 5.32 Å². The maximum absolute atomic E-state index is 13.6. The van der Waals surface area contributed by atoms with Crippen LogP contribution in [0.5, 0.6) is 0 Å². The summed E-state index contributed by atoms with van der Waals surface area (Å²) < 4.78 is 26.7. The van der Waals surface area contributed by atoms with Gasteiger partial charge < -0.3 is 16.0 Å².